The van der Waals surface area contributed by atoms with Crippen molar-refractivity contribution in [1.82, 2.24) is 0 Å². The molecule has 0 saturated heterocycles. The topological polar surface area (TPSA) is 78.9 Å². The summed E-state index contributed by atoms with van der Waals surface area (Å²) in [6, 6.07) is 6.81. The molecule has 0 fully saturated rings. The van der Waals surface area contributed by atoms with E-state index < -0.39 is 0 Å². The van der Waals surface area contributed by atoms with E-state index in [9.17, 15) is 4.79 Å². The molecule has 1 unspecified atom stereocenters. The zero-order chi connectivity index (χ0) is 13.5. The molecule has 4 nitrogen and oxygen atoms in total. The molecule has 1 atom stereocenters. The van der Waals surface area contributed by atoms with Crippen LogP contribution in [0.1, 0.15) is 25.3 Å². The standard InChI is InChI=1S/C13H16ClN3O/c1-9(3-2-6-15)13(18)17-11-4-5-12(14)10(7-11)8-16/h4-5,7,9H,2-3,6,15H2,1H3,(H,17,18). The number of amides is 1. The van der Waals surface area contributed by atoms with E-state index >= 15 is 0 Å². The lowest BCUT2D eigenvalue weighted by atomic mass is 10.0. The molecule has 5 heteroatoms. The number of hydrogen-bond acceptors (Lipinski definition) is 3. The largest absolute Gasteiger partial charge is 0.330 e. The second kappa shape index (κ2) is 7.00. The molecule has 0 aromatic heterocycles. The minimum absolute atomic E-state index is 0.0744. The van der Waals surface area contributed by atoms with Crippen molar-refractivity contribution < 1.29 is 4.79 Å². The third-order valence-electron chi connectivity index (χ3n) is 2.64. The lowest BCUT2D eigenvalue weighted by molar-refractivity contribution is -0.119. The molecular weight excluding hydrogens is 250 g/mol. The van der Waals surface area contributed by atoms with Crippen LogP contribution < -0.4 is 11.1 Å². The van der Waals surface area contributed by atoms with E-state index in [0.29, 0.717) is 22.8 Å². The first kappa shape index (κ1) is 14.5. The zero-order valence-corrected chi connectivity index (χ0v) is 11.0. The highest BCUT2D eigenvalue weighted by Gasteiger charge is 2.12. The second-order valence-corrected chi connectivity index (χ2v) is 4.53. The molecule has 96 valence electrons. The van der Waals surface area contributed by atoms with Gasteiger partial charge in [-0.05, 0) is 37.6 Å². The predicted molar refractivity (Wildman–Crippen MR) is 72.2 cm³/mol. The summed E-state index contributed by atoms with van der Waals surface area (Å²) in [7, 11) is 0. The van der Waals surface area contributed by atoms with Gasteiger partial charge in [0.25, 0.3) is 0 Å². The van der Waals surface area contributed by atoms with Crippen molar-refractivity contribution in [3.05, 3.63) is 28.8 Å². The number of nitriles is 1. The van der Waals surface area contributed by atoms with Crippen molar-refractivity contribution in [2.45, 2.75) is 19.8 Å². The van der Waals surface area contributed by atoms with Crippen LogP contribution in [0.2, 0.25) is 5.02 Å². The van der Waals surface area contributed by atoms with Gasteiger partial charge in [0.15, 0.2) is 0 Å². The number of rotatable bonds is 5. The van der Waals surface area contributed by atoms with Gasteiger partial charge < -0.3 is 11.1 Å². The Balaban J connectivity index is 2.67. The van der Waals surface area contributed by atoms with Crippen LogP contribution in [0.25, 0.3) is 0 Å². The molecule has 3 N–H and O–H groups in total. The lowest BCUT2D eigenvalue weighted by Crippen LogP contribution is -2.21. The maximum atomic E-state index is 11.8. The van der Waals surface area contributed by atoms with E-state index in [4.69, 9.17) is 22.6 Å². The number of nitrogens with one attached hydrogen (secondary N) is 1. The Morgan fingerprint density at radius 2 is 2.33 bits per heavy atom. The number of nitrogens with two attached hydrogens (primary N) is 1. The van der Waals surface area contributed by atoms with Crippen LogP contribution >= 0.6 is 11.6 Å². The fraction of sp³-hybridized carbons (Fsp3) is 0.385. The van der Waals surface area contributed by atoms with Gasteiger partial charge in [0.05, 0.1) is 10.6 Å². The summed E-state index contributed by atoms with van der Waals surface area (Å²) in [5, 5.41) is 12.0. The second-order valence-electron chi connectivity index (χ2n) is 4.13. The quantitative estimate of drug-likeness (QED) is 0.859. The van der Waals surface area contributed by atoms with Gasteiger partial charge in [-0.3, -0.25) is 4.79 Å². The Hall–Kier alpha value is -1.57. The van der Waals surface area contributed by atoms with Crippen LogP contribution in [0.5, 0.6) is 0 Å². The van der Waals surface area contributed by atoms with Crippen LogP contribution in [0, 0.1) is 17.2 Å². The van der Waals surface area contributed by atoms with Crippen molar-refractivity contribution >= 4 is 23.2 Å². The summed E-state index contributed by atoms with van der Waals surface area (Å²) in [6.45, 7) is 2.43. The highest BCUT2D eigenvalue weighted by molar-refractivity contribution is 6.31. The minimum atomic E-state index is -0.102. The van der Waals surface area contributed by atoms with Crippen LogP contribution in [-0.4, -0.2) is 12.5 Å². The summed E-state index contributed by atoms with van der Waals surface area (Å²) >= 11 is 5.81. The number of benzene rings is 1. The van der Waals surface area contributed by atoms with E-state index in [1.54, 1.807) is 18.2 Å². The molecule has 0 radical (unpaired) electrons. The fourth-order valence-electron chi connectivity index (χ4n) is 1.51. The average molecular weight is 266 g/mol. The lowest BCUT2D eigenvalue weighted by Gasteiger charge is -2.12. The molecule has 0 saturated carbocycles. The molecule has 0 spiro atoms. The van der Waals surface area contributed by atoms with Crippen molar-refractivity contribution in [2.24, 2.45) is 11.7 Å². The first-order chi connectivity index (χ1) is 8.58. The van der Waals surface area contributed by atoms with Crippen LogP contribution in [0.15, 0.2) is 18.2 Å². The molecule has 1 aromatic carbocycles. The van der Waals surface area contributed by atoms with Gasteiger partial charge in [0.2, 0.25) is 5.91 Å². The molecule has 0 aliphatic carbocycles. The average Bonchev–Trinajstić information content (AvgIpc) is 2.37. The summed E-state index contributed by atoms with van der Waals surface area (Å²) in [4.78, 5) is 11.8. The maximum Gasteiger partial charge on any atom is 0.227 e. The van der Waals surface area contributed by atoms with E-state index in [1.807, 2.05) is 13.0 Å². The first-order valence-electron chi connectivity index (χ1n) is 5.79. The highest BCUT2D eigenvalue weighted by Crippen LogP contribution is 2.20. The first-order valence-corrected chi connectivity index (χ1v) is 6.17. The molecule has 1 aromatic rings. The van der Waals surface area contributed by atoms with Crippen LogP contribution in [-0.2, 0) is 4.79 Å². The van der Waals surface area contributed by atoms with Crippen LogP contribution in [0.3, 0.4) is 0 Å². The summed E-state index contributed by atoms with van der Waals surface area (Å²) in [6.07, 6.45) is 1.57. The zero-order valence-electron chi connectivity index (χ0n) is 10.2. The smallest absolute Gasteiger partial charge is 0.227 e. The van der Waals surface area contributed by atoms with Gasteiger partial charge >= 0.3 is 0 Å². The van der Waals surface area contributed by atoms with Crippen molar-refractivity contribution in [3.8, 4) is 6.07 Å². The van der Waals surface area contributed by atoms with Gasteiger partial charge in [-0.25, -0.2) is 0 Å². The fourth-order valence-corrected chi connectivity index (χ4v) is 1.67. The molecule has 0 aliphatic heterocycles. The molecule has 18 heavy (non-hydrogen) atoms. The van der Waals surface area contributed by atoms with Gasteiger partial charge in [0, 0.05) is 11.6 Å². The SMILES string of the molecule is CC(CCCN)C(=O)Nc1ccc(Cl)c(C#N)c1. The highest BCUT2D eigenvalue weighted by atomic mass is 35.5. The number of carbonyl (C=O) groups excluding carboxylic acids is 1. The summed E-state index contributed by atoms with van der Waals surface area (Å²) < 4.78 is 0. The number of halogens is 1. The Labute approximate surface area is 112 Å². The van der Waals surface area contributed by atoms with E-state index in [0.717, 1.165) is 12.8 Å². The van der Waals surface area contributed by atoms with Gasteiger partial charge in [-0.2, -0.15) is 5.26 Å². The normalized spacial score (nSPS) is 11.7. The molecule has 0 bridgehead atoms. The Kier molecular flexibility index (Phi) is 5.63. The number of hydrogen-bond donors (Lipinski definition) is 2. The number of nitrogens with zero attached hydrogens (tertiary/aromatic N) is 1. The monoisotopic (exact) mass is 265 g/mol. The predicted octanol–water partition coefficient (Wildman–Crippen LogP) is 2.53. The Bertz CT molecular complexity index is 468. The van der Waals surface area contributed by atoms with E-state index in [-0.39, 0.29) is 11.8 Å². The summed E-state index contributed by atoms with van der Waals surface area (Å²) in [5.74, 6) is -0.176. The van der Waals surface area contributed by atoms with E-state index in [1.165, 1.54) is 0 Å². The molecule has 1 amide bonds. The molecule has 0 aliphatic rings. The van der Waals surface area contributed by atoms with Crippen molar-refractivity contribution in [2.75, 3.05) is 11.9 Å². The third-order valence-corrected chi connectivity index (χ3v) is 2.97. The molecule has 0 heterocycles. The van der Waals surface area contributed by atoms with Crippen LogP contribution in [0.4, 0.5) is 5.69 Å². The number of anilines is 1. The Morgan fingerprint density at radius 1 is 1.61 bits per heavy atom. The third kappa shape index (κ3) is 4.02. The molecule has 1 rings (SSSR count). The van der Waals surface area contributed by atoms with Crippen molar-refractivity contribution in [3.63, 3.8) is 0 Å². The minimum Gasteiger partial charge on any atom is -0.330 e. The van der Waals surface area contributed by atoms with Crippen molar-refractivity contribution in [1.29, 1.82) is 5.26 Å². The molecular formula is C13H16ClN3O. The number of carbonyl (C=O) groups is 1. The summed E-state index contributed by atoms with van der Waals surface area (Å²) in [5.41, 5.74) is 6.34. The Morgan fingerprint density at radius 3 is 2.94 bits per heavy atom. The van der Waals surface area contributed by atoms with Gasteiger partial charge in [0.1, 0.15) is 6.07 Å². The van der Waals surface area contributed by atoms with E-state index in [2.05, 4.69) is 5.32 Å². The van der Waals surface area contributed by atoms with Gasteiger partial charge in [-0.1, -0.05) is 18.5 Å². The van der Waals surface area contributed by atoms with Gasteiger partial charge in [-0.15, -0.1) is 0 Å². The maximum absolute atomic E-state index is 11.8.